The number of nitrogens with zero attached hydrogens (tertiary/aromatic N) is 2. The molecule has 0 saturated heterocycles. The van der Waals surface area contributed by atoms with Crippen molar-refractivity contribution in [2.75, 3.05) is 39.9 Å². The molecule has 0 unspecified atom stereocenters. The van der Waals surface area contributed by atoms with Crippen LogP contribution in [0.15, 0.2) is 39.3 Å². The quantitative estimate of drug-likeness (QED) is 0.390. The minimum Gasteiger partial charge on any atom is -0.479 e. The molecule has 0 fully saturated rings. The fraction of sp³-hybridized carbons (Fsp3) is 0.552. The molecule has 0 aromatic carbocycles. The van der Waals surface area contributed by atoms with Gasteiger partial charge in [0.25, 0.3) is 5.91 Å². The number of furan rings is 1. The number of carbonyl (C=O) groups is 1. The van der Waals surface area contributed by atoms with Gasteiger partial charge in [-0.25, -0.2) is 0 Å². The molecule has 9 heteroatoms. The number of allylic oxidation sites excluding steroid dienone is 4. The van der Waals surface area contributed by atoms with Crippen LogP contribution in [0, 0.1) is 10.8 Å². The SMILES string of the molecule is COCCOc1nc(OC)c(NC(=O)c2ccc(CC3=CC4=C(CCCC4(C)C)CC3(C)C)o2)c(OC)n1. The number of ether oxygens (including phenoxy) is 4. The van der Waals surface area contributed by atoms with Crippen LogP contribution in [0.4, 0.5) is 5.69 Å². The normalized spacial score (nSPS) is 17.9. The Morgan fingerprint density at radius 3 is 2.39 bits per heavy atom. The molecule has 4 rings (SSSR count). The minimum atomic E-state index is -0.459. The van der Waals surface area contributed by atoms with Gasteiger partial charge in [0, 0.05) is 13.5 Å². The summed E-state index contributed by atoms with van der Waals surface area (Å²) in [5.74, 6) is 0.677. The number of hydrogen-bond donors (Lipinski definition) is 1. The number of hydrogen-bond acceptors (Lipinski definition) is 8. The van der Waals surface area contributed by atoms with Gasteiger partial charge in [-0.2, -0.15) is 9.97 Å². The summed E-state index contributed by atoms with van der Waals surface area (Å²) in [6.45, 7) is 9.90. The van der Waals surface area contributed by atoms with Crippen LogP contribution < -0.4 is 19.5 Å². The molecular weight excluding hydrogens is 486 g/mol. The summed E-state index contributed by atoms with van der Waals surface area (Å²) in [6, 6.07) is 3.59. The molecule has 2 aromatic heterocycles. The van der Waals surface area contributed by atoms with Gasteiger partial charge in [-0.1, -0.05) is 44.9 Å². The Kier molecular flexibility index (Phi) is 8.16. The summed E-state index contributed by atoms with van der Waals surface area (Å²) in [7, 11) is 4.45. The largest absolute Gasteiger partial charge is 0.479 e. The van der Waals surface area contributed by atoms with Gasteiger partial charge in [0.15, 0.2) is 11.4 Å². The maximum absolute atomic E-state index is 13.1. The van der Waals surface area contributed by atoms with Crippen LogP contribution in [0.2, 0.25) is 0 Å². The highest BCUT2D eigenvalue weighted by Gasteiger charge is 2.37. The second kappa shape index (κ2) is 11.2. The zero-order chi connectivity index (χ0) is 27.5. The summed E-state index contributed by atoms with van der Waals surface area (Å²) < 4.78 is 27.2. The Hall–Kier alpha value is -3.33. The lowest BCUT2D eigenvalue weighted by atomic mass is 9.63. The van der Waals surface area contributed by atoms with E-state index in [1.165, 1.54) is 44.6 Å². The maximum atomic E-state index is 13.1. The van der Waals surface area contributed by atoms with Gasteiger partial charge >= 0.3 is 6.01 Å². The first kappa shape index (κ1) is 27.7. The molecule has 38 heavy (non-hydrogen) atoms. The first-order valence-electron chi connectivity index (χ1n) is 13.0. The number of carbonyl (C=O) groups excluding carboxylic acids is 1. The van der Waals surface area contributed by atoms with E-state index in [9.17, 15) is 4.79 Å². The average molecular weight is 526 g/mol. The van der Waals surface area contributed by atoms with Crippen molar-refractivity contribution < 1.29 is 28.2 Å². The standard InChI is InChI=1S/C29H39N3O6/c1-28(2)12-8-9-18-17-29(3,4)19(16-21(18)28)15-20-10-11-22(38-20)24(33)30-23-25(35-6)31-27(32-26(23)36-7)37-14-13-34-5/h10-11,16H,8-9,12-15,17H2,1-7H3,(H,30,33). The van der Waals surface area contributed by atoms with E-state index in [-0.39, 0.29) is 46.7 Å². The Morgan fingerprint density at radius 1 is 1.03 bits per heavy atom. The first-order chi connectivity index (χ1) is 18.1. The van der Waals surface area contributed by atoms with Crippen molar-refractivity contribution in [1.29, 1.82) is 0 Å². The van der Waals surface area contributed by atoms with Crippen molar-refractivity contribution in [2.24, 2.45) is 10.8 Å². The van der Waals surface area contributed by atoms with Gasteiger partial charge in [0.05, 0.1) is 20.8 Å². The molecule has 9 nitrogen and oxygen atoms in total. The molecule has 2 aromatic rings. The molecule has 2 heterocycles. The van der Waals surface area contributed by atoms with Crippen molar-refractivity contribution in [3.05, 3.63) is 46.4 Å². The molecule has 0 radical (unpaired) electrons. The molecule has 0 aliphatic heterocycles. The van der Waals surface area contributed by atoms with Crippen LogP contribution in [0.3, 0.4) is 0 Å². The fourth-order valence-electron chi connectivity index (χ4n) is 5.32. The molecule has 0 saturated carbocycles. The molecule has 1 N–H and O–H groups in total. The Labute approximate surface area is 224 Å². The molecule has 1 amide bonds. The topological polar surface area (TPSA) is 105 Å². The number of aromatic nitrogens is 2. The third-order valence-corrected chi connectivity index (χ3v) is 7.45. The number of anilines is 1. The summed E-state index contributed by atoms with van der Waals surface area (Å²) in [6.07, 6.45) is 7.76. The lowest BCUT2D eigenvalue weighted by Crippen LogP contribution is -2.29. The number of rotatable bonds is 10. The molecule has 0 atom stereocenters. The second-order valence-corrected chi connectivity index (χ2v) is 11.1. The van der Waals surface area contributed by atoms with Crippen molar-refractivity contribution in [3.8, 4) is 17.8 Å². The highest BCUT2D eigenvalue weighted by molar-refractivity contribution is 6.03. The van der Waals surface area contributed by atoms with E-state index in [1.54, 1.807) is 18.7 Å². The van der Waals surface area contributed by atoms with Crippen LogP contribution in [0.5, 0.6) is 17.8 Å². The van der Waals surface area contributed by atoms with E-state index in [0.29, 0.717) is 13.0 Å². The van der Waals surface area contributed by atoms with Crippen LogP contribution >= 0.6 is 0 Å². The molecule has 206 valence electrons. The highest BCUT2D eigenvalue weighted by Crippen LogP contribution is 2.50. The summed E-state index contributed by atoms with van der Waals surface area (Å²) in [5.41, 5.74) is 4.81. The van der Waals surface area contributed by atoms with Gasteiger partial charge in [0.2, 0.25) is 11.8 Å². The zero-order valence-electron chi connectivity index (χ0n) is 23.5. The van der Waals surface area contributed by atoms with Crippen molar-refractivity contribution in [3.63, 3.8) is 0 Å². The van der Waals surface area contributed by atoms with E-state index in [1.807, 2.05) is 6.07 Å². The van der Waals surface area contributed by atoms with Gasteiger partial charge in [-0.3, -0.25) is 4.79 Å². The predicted octanol–water partition coefficient (Wildman–Crippen LogP) is 5.77. The molecule has 2 aliphatic carbocycles. The van der Waals surface area contributed by atoms with Crippen molar-refractivity contribution in [2.45, 2.75) is 59.8 Å². The van der Waals surface area contributed by atoms with E-state index in [4.69, 9.17) is 23.4 Å². The third-order valence-electron chi connectivity index (χ3n) is 7.45. The number of nitrogens with one attached hydrogen (secondary N) is 1. The summed E-state index contributed by atoms with van der Waals surface area (Å²) in [5, 5.41) is 2.76. The smallest absolute Gasteiger partial charge is 0.323 e. The average Bonchev–Trinajstić information content (AvgIpc) is 3.34. The summed E-state index contributed by atoms with van der Waals surface area (Å²) in [4.78, 5) is 21.5. The van der Waals surface area contributed by atoms with Crippen LogP contribution in [-0.4, -0.2) is 50.4 Å². The van der Waals surface area contributed by atoms with Gasteiger partial charge in [0.1, 0.15) is 12.4 Å². The third kappa shape index (κ3) is 5.88. The van der Waals surface area contributed by atoms with Crippen LogP contribution in [-0.2, 0) is 11.2 Å². The second-order valence-electron chi connectivity index (χ2n) is 11.1. The van der Waals surface area contributed by atoms with E-state index in [2.05, 4.69) is 49.1 Å². The van der Waals surface area contributed by atoms with Crippen molar-refractivity contribution in [1.82, 2.24) is 9.97 Å². The van der Waals surface area contributed by atoms with E-state index < -0.39 is 5.91 Å². The lowest BCUT2D eigenvalue weighted by molar-refractivity contribution is 0.0993. The van der Waals surface area contributed by atoms with E-state index in [0.717, 1.165) is 12.2 Å². The number of amides is 1. The fourth-order valence-corrected chi connectivity index (χ4v) is 5.32. The van der Waals surface area contributed by atoms with Crippen molar-refractivity contribution >= 4 is 11.6 Å². The molecule has 0 spiro atoms. The maximum Gasteiger partial charge on any atom is 0.323 e. The minimum absolute atomic E-state index is 0.0343. The molecule has 2 aliphatic rings. The van der Waals surface area contributed by atoms with E-state index >= 15 is 0 Å². The number of methoxy groups -OCH3 is 3. The first-order valence-corrected chi connectivity index (χ1v) is 13.0. The van der Waals surface area contributed by atoms with Gasteiger partial charge < -0.3 is 28.7 Å². The monoisotopic (exact) mass is 525 g/mol. The Bertz CT molecular complexity index is 1220. The zero-order valence-corrected chi connectivity index (χ0v) is 23.5. The van der Waals surface area contributed by atoms with Crippen LogP contribution in [0.25, 0.3) is 0 Å². The van der Waals surface area contributed by atoms with Gasteiger partial charge in [-0.05, 0) is 54.2 Å². The molecule has 0 bridgehead atoms. The Balaban J connectivity index is 1.52. The lowest BCUT2D eigenvalue weighted by Gasteiger charge is -2.42. The Morgan fingerprint density at radius 2 is 1.74 bits per heavy atom. The predicted molar refractivity (Wildman–Crippen MR) is 144 cm³/mol. The van der Waals surface area contributed by atoms with Crippen LogP contribution in [0.1, 0.15) is 69.7 Å². The summed E-state index contributed by atoms with van der Waals surface area (Å²) >= 11 is 0. The molecular formula is C29H39N3O6. The highest BCUT2D eigenvalue weighted by atomic mass is 16.5. The van der Waals surface area contributed by atoms with Gasteiger partial charge in [-0.15, -0.1) is 0 Å².